The Morgan fingerprint density at radius 1 is 1.20 bits per heavy atom. The first-order chi connectivity index (χ1) is 14.7. The van der Waals surface area contributed by atoms with Gasteiger partial charge in [0, 0.05) is 29.9 Å². The maximum atomic E-state index is 12.8. The second-order valence-corrected chi connectivity index (χ2v) is 8.66. The van der Waals surface area contributed by atoms with Gasteiger partial charge in [-0.25, -0.2) is 0 Å². The van der Waals surface area contributed by atoms with Crippen LogP contribution in [0.25, 0.3) is 22.0 Å². The fourth-order valence-electron chi connectivity index (χ4n) is 5.34. The normalized spacial score (nSPS) is 22.7. The monoisotopic (exact) mass is 401 g/mol. The molecule has 3 aromatic heterocycles. The molecule has 3 heterocycles. The molecular weight excluding hydrogens is 378 g/mol. The van der Waals surface area contributed by atoms with Gasteiger partial charge in [-0.2, -0.15) is 15.3 Å². The van der Waals surface area contributed by atoms with Crippen LogP contribution in [0.15, 0.2) is 43.0 Å². The number of carbonyl (C=O) groups is 1. The topological polar surface area (TPSA) is 104 Å². The fraction of sp³-hybridized carbons (Fsp3) is 0.364. The predicted molar refractivity (Wildman–Crippen MR) is 113 cm³/mol. The first-order valence-electron chi connectivity index (χ1n) is 10.5. The number of carbonyl (C=O) groups excluding carboxylic acids is 1. The minimum absolute atomic E-state index is 0.239. The van der Waals surface area contributed by atoms with E-state index in [-0.39, 0.29) is 5.91 Å². The van der Waals surface area contributed by atoms with Crippen LogP contribution in [0.5, 0.6) is 0 Å². The second-order valence-electron chi connectivity index (χ2n) is 8.66. The van der Waals surface area contributed by atoms with Crippen LogP contribution in [0.1, 0.15) is 36.2 Å². The van der Waals surface area contributed by atoms with Crippen LogP contribution in [0.2, 0.25) is 0 Å². The van der Waals surface area contributed by atoms with Gasteiger partial charge in [0.1, 0.15) is 0 Å². The van der Waals surface area contributed by atoms with Crippen molar-refractivity contribution in [3.63, 3.8) is 0 Å². The Morgan fingerprint density at radius 2 is 2.17 bits per heavy atom. The van der Waals surface area contributed by atoms with E-state index in [1.807, 2.05) is 35.3 Å². The number of fused-ring (bicyclic) bond motifs is 3. The third-order valence-electron chi connectivity index (χ3n) is 6.81. The third kappa shape index (κ3) is 2.99. The highest BCUT2D eigenvalue weighted by molar-refractivity contribution is 6.11. The van der Waals surface area contributed by atoms with E-state index >= 15 is 0 Å². The van der Waals surface area contributed by atoms with E-state index in [1.54, 1.807) is 12.4 Å². The maximum Gasteiger partial charge on any atom is 0.276 e. The van der Waals surface area contributed by atoms with Gasteiger partial charge in [-0.15, -0.1) is 0 Å². The second kappa shape index (κ2) is 6.83. The van der Waals surface area contributed by atoms with E-state index in [4.69, 9.17) is 0 Å². The lowest BCUT2D eigenvalue weighted by Crippen LogP contribution is -2.17. The molecule has 6 rings (SSSR count). The van der Waals surface area contributed by atoms with Crippen molar-refractivity contribution in [2.75, 3.05) is 5.32 Å². The molecule has 0 spiro atoms. The van der Waals surface area contributed by atoms with Crippen LogP contribution in [-0.4, -0.2) is 36.1 Å². The first-order valence-corrected chi connectivity index (χ1v) is 10.5. The van der Waals surface area contributed by atoms with E-state index in [2.05, 4.69) is 30.8 Å². The highest BCUT2D eigenvalue weighted by Crippen LogP contribution is 2.48. The Labute approximate surface area is 173 Å². The van der Waals surface area contributed by atoms with Gasteiger partial charge in [0.05, 0.1) is 23.6 Å². The summed E-state index contributed by atoms with van der Waals surface area (Å²) >= 11 is 0. The van der Waals surface area contributed by atoms with E-state index in [1.165, 1.54) is 25.7 Å². The summed E-state index contributed by atoms with van der Waals surface area (Å²) in [6.07, 6.45) is 12.7. The number of anilines is 1. The Morgan fingerprint density at radius 3 is 2.97 bits per heavy atom. The number of rotatable bonds is 5. The van der Waals surface area contributed by atoms with Crippen molar-refractivity contribution in [2.24, 2.45) is 17.8 Å². The molecular formula is C22H23N7O. The number of H-pyrrole nitrogens is 2. The molecule has 30 heavy (non-hydrogen) atoms. The molecule has 3 N–H and O–H groups in total. The Kier molecular flexibility index (Phi) is 3.97. The molecule has 0 aliphatic heterocycles. The summed E-state index contributed by atoms with van der Waals surface area (Å²) in [5.41, 5.74) is 3.89. The molecule has 1 aromatic carbocycles. The van der Waals surface area contributed by atoms with Crippen LogP contribution in [0.3, 0.4) is 0 Å². The van der Waals surface area contributed by atoms with E-state index in [0.29, 0.717) is 11.4 Å². The molecule has 8 nitrogen and oxygen atoms in total. The van der Waals surface area contributed by atoms with Crippen molar-refractivity contribution < 1.29 is 4.79 Å². The molecule has 2 aliphatic carbocycles. The summed E-state index contributed by atoms with van der Waals surface area (Å²) in [5.74, 6) is 2.28. The summed E-state index contributed by atoms with van der Waals surface area (Å²) < 4.78 is 1.97. The van der Waals surface area contributed by atoms with Gasteiger partial charge in [0.15, 0.2) is 5.69 Å². The summed E-state index contributed by atoms with van der Waals surface area (Å²) in [6, 6.07) is 5.85. The molecule has 8 heteroatoms. The minimum atomic E-state index is -0.239. The fourth-order valence-corrected chi connectivity index (χ4v) is 5.34. The van der Waals surface area contributed by atoms with Gasteiger partial charge >= 0.3 is 0 Å². The van der Waals surface area contributed by atoms with Crippen molar-refractivity contribution in [2.45, 2.75) is 32.2 Å². The number of amides is 1. The van der Waals surface area contributed by atoms with E-state index < -0.39 is 0 Å². The average molecular weight is 401 g/mol. The molecule has 3 atom stereocenters. The zero-order chi connectivity index (χ0) is 20.1. The highest BCUT2D eigenvalue weighted by Gasteiger charge is 2.39. The zero-order valence-corrected chi connectivity index (χ0v) is 16.5. The highest BCUT2D eigenvalue weighted by atomic mass is 16.2. The average Bonchev–Trinajstić information content (AvgIpc) is 3.56. The lowest BCUT2D eigenvalue weighted by Gasteiger charge is -2.21. The molecule has 1 amide bonds. The largest absolute Gasteiger partial charge is 0.318 e. The van der Waals surface area contributed by atoms with Gasteiger partial charge < -0.3 is 5.32 Å². The minimum Gasteiger partial charge on any atom is -0.318 e. The molecule has 152 valence electrons. The molecule has 2 fully saturated rings. The van der Waals surface area contributed by atoms with Crippen molar-refractivity contribution in [3.05, 3.63) is 48.7 Å². The first kappa shape index (κ1) is 17.4. The summed E-state index contributed by atoms with van der Waals surface area (Å²) in [7, 11) is 0. The Bertz CT molecular complexity index is 1210. The number of benzene rings is 1. The van der Waals surface area contributed by atoms with Crippen LogP contribution in [-0.2, 0) is 6.54 Å². The van der Waals surface area contributed by atoms with Crippen molar-refractivity contribution >= 4 is 22.5 Å². The summed E-state index contributed by atoms with van der Waals surface area (Å²) in [4.78, 5) is 12.8. The van der Waals surface area contributed by atoms with Crippen LogP contribution in [0.4, 0.5) is 5.69 Å². The molecule has 0 radical (unpaired) electrons. The maximum absolute atomic E-state index is 12.8. The molecule has 4 aromatic rings. The lowest BCUT2D eigenvalue weighted by atomic mass is 9.89. The van der Waals surface area contributed by atoms with Crippen LogP contribution >= 0.6 is 0 Å². The smallest absolute Gasteiger partial charge is 0.276 e. The Hall–Kier alpha value is -3.42. The van der Waals surface area contributed by atoms with Crippen LogP contribution in [0, 0.1) is 17.8 Å². The standard InChI is InChI=1S/C22H23N7O/c30-22(21-19-4-3-15(7-20(19)27-28-21)17-8-23-24-9-17)26-18-10-25-29(12-18)11-16-6-13-1-2-14(16)5-13/h3-4,7-10,12-14,16H,1-2,5-6,11H2,(H,23,24)(H,26,30)(H,27,28). The number of nitrogens with one attached hydrogen (secondary N) is 3. The van der Waals surface area contributed by atoms with Crippen molar-refractivity contribution in [3.8, 4) is 11.1 Å². The SMILES string of the molecule is O=C(Nc1cnn(CC2CC3CCC2C3)c1)c1n[nH]c2cc(-c3cn[nH]c3)ccc12. The van der Waals surface area contributed by atoms with Gasteiger partial charge in [-0.1, -0.05) is 12.5 Å². The van der Waals surface area contributed by atoms with Gasteiger partial charge in [0.25, 0.3) is 5.91 Å². The van der Waals surface area contributed by atoms with Crippen LogP contribution < -0.4 is 5.32 Å². The lowest BCUT2D eigenvalue weighted by molar-refractivity contribution is 0.102. The summed E-state index contributed by atoms with van der Waals surface area (Å²) in [6.45, 7) is 0.944. The zero-order valence-electron chi connectivity index (χ0n) is 16.5. The molecule has 3 unspecified atom stereocenters. The molecule has 2 saturated carbocycles. The van der Waals surface area contributed by atoms with Gasteiger partial charge in [-0.05, 0) is 54.7 Å². The van der Waals surface area contributed by atoms with Crippen molar-refractivity contribution in [1.29, 1.82) is 0 Å². The number of aromatic nitrogens is 6. The number of hydrogen-bond acceptors (Lipinski definition) is 4. The quantitative estimate of drug-likeness (QED) is 0.473. The third-order valence-corrected chi connectivity index (χ3v) is 6.81. The van der Waals surface area contributed by atoms with Gasteiger partial charge in [0.2, 0.25) is 0 Å². The number of nitrogens with zero attached hydrogens (tertiary/aromatic N) is 4. The van der Waals surface area contributed by atoms with Gasteiger partial charge in [-0.3, -0.25) is 19.7 Å². The van der Waals surface area contributed by atoms with Crippen molar-refractivity contribution in [1.82, 2.24) is 30.2 Å². The molecule has 0 saturated heterocycles. The summed E-state index contributed by atoms with van der Waals surface area (Å²) in [5, 5.41) is 22.2. The molecule has 2 aliphatic rings. The van der Waals surface area contributed by atoms with E-state index in [9.17, 15) is 4.79 Å². The van der Waals surface area contributed by atoms with E-state index in [0.717, 1.165) is 46.3 Å². The number of aromatic amines is 2. The molecule has 2 bridgehead atoms. The number of hydrogen-bond donors (Lipinski definition) is 3. The Balaban J connectivity index is 1.17. The predicted octanol–water partition coefficient (Wildman–Crippen LogP) is 3.84.